The van der Waals surface area contributed by atoms with Crippen molar-refractivity contribution in [2.24, 2.45) is 0 Å². The largest absolute Gasteiger partial charge is 0.454 e. The first-order valence-corrected chi connectivity index (χ1v) is 20.8. The van der Waals surface area contributed by atoms with Crippen molar-refractivity contribution in [3.63, 3.8) is 0 Å². The highest BCUT2D eigenvalue weighted by molar-refractivity contribution is 6.22. The van der Waals surface area contributed by atoms with Gasteiger partial charge in [0.1, 0.15) is 5.58 Å². The maximum atomic E-state index is 7.05. The first-order chi connectivity index (χ1) is 30.3. The Kier molecular flexibility index (Phi) is 9.18. The van der Waals surface area contributed by atoms with E-state index in [2.05, 4.69) is 252 Å². The summed E-state index contributed by atoms with van der Waals surface area (Å²) in [6.45, 7) is 0. The van der Waals surface area contributed by atoms with Crippen LogP contribution in [0.15, 0.2) is 247 Å². The van der Waals surface area contributed by atoms with Crippen molar-refractivity contribution < 1.29 is 4.42 Å². The Labute approximate surface area is 355 Å². The SMILES string of the molecule is c1ccc(-c2ccc(N(c3cc(N(c4ccccc4)c4ccc(-c5ccccc5)cc4)c4oc5ccc6ccccc6c5c4c3)c3ccccc3-c3ccccc3)cc2)cc1. The van der Waals surface area contributed by atoms with Crippen molar-refractivity contribution in [2.45, 2.75) is 0 Å². The number of nitrogens with zero attached hydrogens (tertiary/aromatic N) is 2. The fourth-order valence-electron chi connectivity index (χ4n) is 8.74. The van der Waals surface area contributed by atoms with Crippen LogP contribution < -0.4 is 9.80 Å². The van der Waals surface area contributed by atoms with E-state index in [-0.39, 0.29) is 0 Å². The van der Waals surface area contributed by atoms with Crippen LogP contribution in [0.2, 0.25) is 0 Å². The number of hydrogen-bond donors (Lipinski definition) is 0. The van der Waals surface area contributed by atoms with Crippen LogP contribution in [0.4, 0.5) is 34.1 Å². The molecule has 0 aliphatic carbocycles. The van der Waals surface area contributed by atoms with Gasteiger partial charge in [-0.15, -0.1) is 0 Å². The number of hydrogen-bond acceptors (Lipinski definition) is 3. The zero-order valence-corrected chi connectivity index (χ0v) is 33.4. The summed E-state index contributed by atoms with van der Waals surface area (Å²) in [4.78, 5) is 4.75. The molecule has 3 heteroatoms. The molecule has 288 valence electrons. The number of benzene rings is 10. The lowest BCUT2D eigenvalue weighted by Gasteiger charge is -2.31. The van der Waals surface area contributed by atoms with E-state index in [4.69, 9.17) is 4.42 Å². The molecule has 0 amide bonds. The minimum atomic E-state index is 0.821. The van der Waals surface area contributed by atoms with Crippen LogP contribution in [-0.4, -0.2) is 0 Å². The Balaban J connectivity index is 1.21. The summed E-state index contributed by atoms with van der Waals surface area (Å²) in [5.41, 5.74) is 14.8. The van der Waals surface area contributed by atoms with Crippen LogP contribution >= 0.6 is 0 Å². The maximum absolute atomic E-state index is 7.05. The highest BCUT2D eigenvalue weighted by Crippen LogP contribution is 2.49. The van der Waals surface area contributed by atoms with Gasteiger partial charge in [-0.05, 0) is 99.3 Å². The molecular weight excluding hydrogens is 741 g/mol. The number of rotatable bonds is 9. The minimum Gasteiger partial charge on any atom is -0.454 e. The van der Waals surface area contributed by atoms with Crippen LogP contribution in [0.5, 0.6) is 0 Å². The molecule has 0 spiro atoms. The molecule has 0 saturated heterocycles. The van der Waals surface area contributed by atoms with E-state index in [0.717, 1.165) is 78.1 Å². The topological polar surface area (TPSA) is 19.6 Å². The molecule has 0 N–H and O–H groups in total. The summed E-state index contributed by atoms with van der Waals surface area (Å²) in [5.74, 6) is 0. The number of fused-ring (bicyclic) bond motifs is 5. The molecule has 3 nitrogen and oxygen atoms in total. The smallest absolute Gasteiger partial charge is 0.159 e. The predicted octanol–water partition coefficient (Wildman–Crippen LogP) is 16.7. The zero-order chi connectivity index (χ0) is 40.5. The fourth-order valence-corrected chi connectivity index (χ4v) is 8.74. The quantitative estimate of drug-likeness (QED) is 0.145. The molecule has 0 fully saturated rings. The summed E-state index contributed by atoms with van der Waals surface area (Å²) in [6, 6.07) is 86.5. The van der Waals surface area contributed by atoms with E-state index in [0.29, 0.717) is 0 Å². The van der Waals surface area contributed by atoms with E-state index in [1.54, 1.807) is 0 Å². The zero-order valence-electron chi connectivity index (χ0n) is 33.4. The molecule has 0 saturated carbocycles. The summed E-state index contributed by atoms with van der Waals surface area (Å²) >= 11 is 0. The van der Waals surface area contributed by atoms with Crippen LogP contribution in [0, 0.1) is 0 Å². The number of furan rings is 1. The maximum Gasteiger partial charge on any atom is 0.159 e. The highest BCUT2D eigenvalue weighted by atomic mass is 16.3. The molecule has 0 aliphatic heterocycles. The molecular formula is C58H40N2O. The summed E-state index contributed by atoms with van der Waals surface area (Å²) in [7, 11) is 0. The van der Waals surface area contributed by atoms with Gasteiger partial charge in [0.2, 0.25) is 0 Å². The van der Waals surface area contributed by atoms with Gasteiger partial charge in [0.25, 0.3) is 0 Å². The van der Waals surface area contributed by atoms with Crippen LogP contribution in [0.25, 0.3) is 66.1 Å². The molecule has 0 radical (unpaired) electrons. The molecule has 0 unspecified atom stereocenters. The van der Waals surface area contributed by atoms with E-state index in [9.17, 15) is 0 Å². The molecule has 1 heterocycles. The van der Waals surface area contributed by atoms with E-state index >= 15 is 0 Å². The number of anilines is 6. The summed E-state index contributed by atoms with van der Waals surface area (Å²) in [6.07, 6.45) is 0. The van der Waals surface area contributed by atoms with Crippen molar-refractivity contribution >= 4 is 66.8 Å². The Hall–Kier alpha value is -8.14. The van der Waals surface area contributed by atoms with Gasteiger partial charge in [-0.1, -0.05) is 182 Å². The van der Waals surface area contributed by atoms with E-state index in [1.807, 2.05) is 0 Å². The van der Waals surface area contributed by atoms with Gasteiger partial charge in [0.05, 0.1) is 11.4 Å². The van der Waals surface area contributed by atoms with Gasteiger partial charge < -0.3 is 14.2 Å². The van der Waals surface area contributed by atoms with Crippen LogP contribution in [0.3, 0.4) is 0 Å². The Morgan fingerprint density at radius 2 is 0.770 bits per heavy atom. The van der Waals surface area contributed by atoms with E-state index in [1.165, 1.54) is 22.1 Å². The van der Waals surface area contributed by atoms with Gasteiger partial charge in [0, 0.05) is 39.1 Å². The molecule has 11 aromatic rings. The fraction of sp³-hybridized carbons (Fsp3) is 0. The molecule has 0 aliphatic rings. The Morgan fingerprint density at radius 3 is 1.39 bits per heavy atom. The van der Waals surface area contributed by atoms with Crippen LogP contribution in [-0.2, 0) is 0 Å². The second-order valence-electron chi connectivity index (χ2n) is 15.3. The summed E-state index contributed by atoms with van der Waals surface area (Å²) in [5, 5.41) is 4.47. The lowest BCUT2D eigenvalue weighted by atomic mass is 9.99. The second-order valence-corrected chi connectivity index (χ2v) is 15.3. The molecule has 61 heavy (non-hydrogen) atoms. The predicted molar refractivity (Wildman–Crippen MR) is 257 cm³/mol. The molecule has 1 aromatic heterocycles. The van der Waals surface area contributed by atoms with Crippen molar-refractivity contribution in [1.29, 1.82) is 0 Å². The first-order valence-electron chi connectivity index (χ1n) is 20.8. The lowest BCUT2D eigenvalue weighted by Crippen LogP contribution is -2.14. The van der Waals surface area contributed by atoms with Gasteiger partial charge >= 0.3 is 0 Å². The van der Waals surface area contributed by atoms with Crippen molar-refractivity contribution in [2.75, 3.05) is 9.80 Å². The first kappa shape index (κ1) is 36.0. The molecule has 11 rings (SSSR count). The second kappa shape index (κ2) is 15.6. The average molecular weight is 781 g/mol. The summed E-state index contributed by atoms with van der Waals surface area (Å²) < 4.78 is 7.05. The highest BCUT2D eigenvalue weighted by Gasteiger charge is 2.25. The lowest BCUT2D eigenvalue weighted by molar-refractivity contribution is 0.669. The van der Waals surface area contributed by atoms with Gasteiger partial charge in [-0.2, -0.15) is 0 Å². The van der Waals surface area contributed by atoms with Crippen molar-refractivity contribution in [3.05, 3.63) is 243 Å². The average Bonchev–Trinajstić information content (AvgIpc) is 3.73. The third-order valence-electron chi connectivity index (χ3n) is 11.6. The molecule has 10 aromatic carbocycles. The standard InChI is InChI=1S/C58H40N2O/c1-5-17-41(18-6-1)43-29-34-48(35-30-43)59(47-24-11-4-12-25-47)55-40-50(39-53-57-52-27-14-13-23-46(52)33-38-56(57)61-58(53)55)60(49-36-31-44(32-37-49)42-19-7-2-8-20-42)54-28-16-15-26-51(54)45-21-9-3-10-22-45/h1-40H. The Bertz CT molecular complexity index is 3270. The van der Waals surface area contributed by atoms with Crippen LogP contribution in [0.1, 0.15) is 0 Å². The van der Waals surface area contributed by atoms with E-state index < -0.39 is 0 Å². The number of para-hydroxylation sites is 2. The van der Waals surface area contributed by atoms with Gasteiger partial charge in [-0.3, -0.25) is 0 Å². The monoisotopic (exact) mass is 780 g/mol. The Morgan fingerprint density at radius 1 is 0.295 bits per heavy atom. The normalized spacial score (nSPS) is 11.3. The van der Waals surface area contributed by atoms with Crippen molar-refractivity contribution in [1.82, 2.24) is 0 Å². The van der Waals surface area contributed by atoms with Gasteiger partial charge in [0.15, 0.2) is 5.58 Å². The third kappa shape index (κ3) is 6.69. The minimum absolute atomic E-state index is 0.821. The van der Waals surface area contributed by atoms with Crippen molar-refractivity contribution in [3.8, 4) is 33.4 Å². The molecule has 0 atom stereocenters. The third-order valence-corrected chi connectivity index (χ3v) is 11.6. The molecule has 0 bridgehead atoms. The van der Waals surface area contributed by atoms with Gasteiger partial charge in [-0.25, -0.2) is 0 Å².